The molecule has 0 bridgehead atoms. The van der Waals surface area contributed by atoms with Crippen molar-refractivity contribution in [3.8, 4) is 0 Å². The number of rotatable bonds is 44. The first-order valence-corrected chi connectivity index (χ1v) is 26.5. The number of hydrogen-bond acceptors (Lipinski definition) is 10. The van der Waals surface area contributed by atoms with E-state index >= 15 is 0 Å². The normalized spacial score (nSPS) is 18.4. The Morgan fingerprint density at radius 3 is 1.06 bits per heavy atom. The van der Waals surface area contributed by atoms with Gasteiger partial charge in [-0.1, -0.05) is 141 Å². The monoisotopic (exact) mass is 879 g/mol. The molecule has 0 aromatic carbocycles. The largest absolute Gasteiger partial charge is 0.392 e. The fourth-order valence-corrected chi connectivity index (χ4v) is 9.40. The Labute approximate surface area is 383 Å². The zero-order valence-electron chi connectivity index (χ0n) is 41.2. The van der Waals surface area contributed by atoms with Crippen molar-refractivity contribution in [2.24, 2.45) is 23.3 Å². The molecule has 8 atom stereocenters. The van der Waals surface area contributed by atoms with Gasteiger partial charge in [-0.3, -0.25) is 20.4 Å². The number of allylic oxidation sites excluding steroid dienone is 4. The molecule has 0 radical (unpaired) electrons. The zero-order chi connectivity index (χ0) is 45.5. The summed E-state index contributed by atoms with van der Waals surface area (Å²) in [6.07, 6.45) is 40.9. The molecule has 0 aromatic rings. The van der Waals surface area contributed by atoms with E-state index in [1.54, 1.807) is 0 Å². The molecule has 0 amide bonds. The molecule has 1 aliphatic heterocycles. The number of unbranched alkanes of at least 4 members (excludes halogenated alkanes) is 18. The van der Waals surface area contributed by atoms with Crippen molar-refractivity contribution in [1.29, 1.82) is 0 Å². The first kappa shape index (κ1) is 59.1. The standard InChI is InChI=1S/C52H106N6O4/c1-5-7-9-11-13-15-17-19-21-23-25-27-29-31-47(41-49(61)43-53)33-35-55-51(45(3)59)57-37-39-58(40-38-57)52(46(4)60)56-36-34-48(42-50(62)44-54)32-30-28-26-24-22-20-18-16-14-12-10-8-6-2/h19-22,45-52,55-56,59-62H,5-18,23-44,53-54H2,1-4H3/b21-19-,22-20-. The zero-order valence-corrected chi connectivity index (χ0v) is 41.2. The van der Waals surface area contributed by atoms with Crippen molar-refractivity contribution >= 4 is 0 Å². The second-order valence-electron chi connectivity index (χ2n) is 19.2. The first-order valence-electron chi connectivity index (χ1n) is 26.5. The lowest BCUT2D eigenvalue weighted by Crippen LogP contribution is -2.63. The van der Waals surface area contributed by atoms with Crippen LogP contribution in [-0.4, -0.2) is 119 Å². The summed E-state index contributed by atoms with van der Waals surface area (Å²) in [5, 5.41) is 49.9. The summed E-state index contributed by atoms with van der Waals surface area (Å²) in [6.45, 7) is 13.7. The van der Waals surface area contributed by atoms with Crippen molar-refractivity contribution in [1.82, 2.24) is 20.4 Å². The van der Waals surface area contributed by atoms with Crippen LogP contribution in [0, 0.1) is 11.8 Å². The molecule has 368 valence electrons. The van der Waals surface area contributed by atoms with Gasteiger partial charge in [0.1, 0.15) is 0 Å². The summed E-state index contributed by atoms with van der Waals surface area (Å²) in [5.74, 6) is 0.803. The maximum absolute atomic E-state index is 10.9. The Hall–Kier alpha value is -0.920. The van der Waals surface area contributed by atoms with Gasteiger partial charge in [0.25, 0.3) is 0 Å². The minimum atomic E-state index is -0.526. The van der Waals surface area contributed by atoms with E-state index in [9.17, 15) is 20.4 Å². The number of piperazine rings is 1. The number of nitrogens with zero attached hydrogens (tertiary/aromatic N) is 2. The average molecular weight is 879 g/mol. The minimum absolute atomic E-state index is 0.144. The highest BCUT2D eigenvalue weighted by atomic mass is 16.3. The molecule has 0 aliphatic carbocycles. The Bertz CT molecular complexity index is 932. The number of nitrogens with one attached hydrogen (secondary N) is 2. The molecule has 62 heavy (non-hydrogen) atoms. The topological polar surface area (TPSA) is 164 Å². The van der Waals surface area contributed by atoms with Gasteiger partial charge in [0.15, 0.2) is 0 Å². The highest BCUT2D eigenvalue weighted by molar-refractivity contribution is 4.86. The molecule has 1 fully saturated rings. The van der Waals surface area contributed by atoms with Crippen molar-refractivity contribution in [2.75, 3.05) is 52.4 Å². The van der Waals surface area contributed by atoms with Gasteiger partial charge in [-0.25, -0.2) is 0 Å². The molecular formula is C52H106N6O4. The number of nitrogens with two attached hydrogens (primary N) is 2. The van der Waals surface area contributed by atoms with Crippen LogP contribution < -0.4 is 22.1 Å². The van der Waals surface area contributed by atoms with Crippen molar-refractivity contribution in [3.05, 3.63) is 24.3 Å². The molecular weight excluding hydrogens is 773 g/mol. The summed E-state index contributed by atoms with van der Waals surface area (Å²) in [6, 6.07) is 0. The van der Waals surface area contributed by atoms with Gasteiger partial charge in [-0.05, 0) is 116 Å². The molecule has 0 aromatic heterocycles. The lowest BCUT2D eigenvalue weighted by Gasteiger charge is -2.44. The fourth-order valence-electron chi connectivity index (χ4n) is 9.40. The minimum Gasteiger partial charge on any atom is -0.392 e. The number of aliphatic hydroxyl groups is 4. The van der Waals surface area contributed by atoms with Gasteiger partial charge >= 0.3 is 0 Å². The molecule has 1 saturated heterocycles. The number of aliphatic hydroxyl groups excluding tert-OH is 4. The second-order valence-corrected chi connectivity index (χ2v) is 19.2. The second kappa shape index (κ2) is 41.5. The molecule has 1 rings (SSSR count). The lowest BCUT2D eigenvalue weighted by atomic mass is 9.91. The van der Waals surface area contributed by atoms with E-state index in [1.165, 1.54) is 128 Å². The van der Waals surface area contributed by atoms with Crippen LogP contribution in [0.15, 0.2) is 24.3 Å². The van der Waals surface area contributed by atoms with Crippen molar-refractivity contribution < 1.29 is 20.4 Å². The van der Waals surface area contributed by atoms with Gasteiger partial charge < -0.3 is 31.9 Å². The highest BCUT2D eigenvalue weighted by Crippen LogP contribution is 2.22. The SMILES string of the molecule is CCCCCCCC/C=C\CCCCCC(CCNC(C(C)O)N1CCN(C(NCCC(CCCCC/C=C\CCCCCCCC)CC(O)CN)C(C)O)CC1)CC(O)CN. The van der Waals surface area contributed by atoms with Crippen LogP contribution in [-0.2, 0) is 0 Å². The van der Waals surface area contributed by atoms with E-state index < -0.39 is 24.4 Å². The quantitative estimate of drug-likeness (QED) is 0.0219. The van der Waals surface area contributed by atoms with Gasteiger partial charge in [0.2, 0.25) is 0 Å². The summed E-state index contributed by atoms with van der Waals surface area (Å²) >= 11 is 0. The summed E-state index contributed by atoms with van der Waals surface area (Å²) < 4.78 is 0. The molecule has 10 nitrogen and oxygen atoms in total. The van der Waals surface area contributed by atoms with Crippen LogP contribution in [0.1, 0.15) is 207 Å². The van der Waals surface area contributed by atoms with Gasteiger partial charge in [0, 0.05) is 39.3 Å². The van der Waals surface area contributed by atoms with E-state index in [4.69, 9.17) is 11.5 Å². The van der Waals surface area contributed by atoms with Crippen molar-refractivity contribution in [3.63, 3.8) is 0 Å². The van der Waals surface area contributed by atoms with E-state index in [0.29, 0.717) is 24.9 Å². The van der Waals surface area contributed by atoms with E-state index in [0.717, 1.165) is 90.6 Å². The molecule has 1 aliphatic rings. The molecule has 1 heterocycles. The van der Waals surface area contributed by atoms with E-state index in [-0.39, 0.29) is 12.3 Å². The van der Waals surface area contributed by atoms with E-state index in [1.807, 2.05) is 13.8 Å². The van der Waals surface area contributed by atoms with Gasteiger partial charge in [0.05, 0.1) is 36.7 Å². The van der Waals surface area contributed by atoms with Crippen LogP contribution in [0.5, 0.6) is 0 Å². The molecule has 10 N–H and O–H groups in total. The molecule has 8 unspecified atom stereocenters. The Morgan fingerprint density at radius 2 is 0.758 bits per heavy atom. The maximum Gasteiger partial charge on any atom is 0.0863 e. The average Bonchev–Trinajstić information content (AvgIpc) is 3.26. The maximum atomic E-state index is 10.9. The predicted octanol–water partition coefficient (Wildman–Crippen LogP) is 9.14. The smallest absolute Gasteiger partial charge is 0.0863 e. The van der Waals surface area contributed by atoms with Crippen LogP contribution in [0.3, 0.4) is 0 Å². The highest BCUT2D eigenvalue weighted by Gasteiger charge is 2.31. The van der Waals surface area contributed by atoms with Gasteiger partial charge in [-0.15, -0.1) is 0 Å². The van der Waals surface area contributed by atoms with Crippen LogP contribution >= 0.6 is 0 Å². The van der Waals surface area contributed by atoms with Gasteiger partial charge in [-0.2, -0.15) is 0 Å². The van der Waals surface area contributed by atoms with Crippen LogP contribution in [0.4, 0.5) is 0 Å². The Balaban J connectivity index is 2.49. The third-order valence-corrected chi connectivity index (χ3v) is 13.4. The number of hydrogen-bond donors (Lipinski definition) is 8. The third-order valence-electron chi connectivity index (χ3n) is 13.4. The Kier molecular flexibility index (Phi) is 39.6. The molecule has 10 heteroatoms. The summed E-state index contributed by atoms with van der Waals surface area (Å²) in [4.78, 5) is 4.69. The molecule has 0 saturated carbocycles. The lowest BCUT2D eigenvalue weighted by molar-refractivity contribution is -0.0262. The summed E-state index contributed by atoms with van der Waals surface area (Å²) in [7, 11) is 0. The Morgan fingerprint density at radius 1 is 0.452 bits per heavy atom. The fraction of sp³-hybridized carbons (Fsp3) is 0.923. The van der Waals surface area contributed by atoms with Crippen molar-refractivity contribution in [2.45, 2.75) is 244 Å². The van der Waals surface area contributed by atoms with Crippen LogP contribution in [0.2, 0.25) is 0 Å². The third kappa shape index (κ3) is 31.9. The first-order chi connectivity index (χ1) is 30.2. The predicted molar refractivity (Wildman–Crippen MR) is 266 cm³/mol. The summed E-state index contributed by atoms with van der Waals surface area (Å²) in [5.41, 5.74) is 11.6. The van der Waals surface area contributed by atoms with Crippen LogP contribution in [0.25, 0.3) is 0 Å². The molecule has 0 spiro atoms. The van der Waals surface area contributed by atoms with E-state index in [2.05, 4.69) is 58.6 Å².